The molecule has 1 fully saturated rings. The van der Waals surface area contributed by atoms with Gasteiger partial charge in [-0.25, -0.2) is 0 Å². The Bertz CT molecular complexity index is 278. The average Bonchev–Trinajstić information content (AvgIpc) is 2.65. The molecule has 1 nitrogen and oxygen atoms in total. The molecule has 1 rings (SSSR count). The van der Waals surface area contributed by atoms with E-state index in [2.05, 4.69) is 19.1 Å². The Hall–Kier alpha value is -0.300. The Morgan fingerprint density at radius 2 is 1.16 bits per heavy atom. The van der Waals surface area contributed by atoms with E-state index in [1.54, 1.807) is 0 Å². The first-order chi connectivity index (χ1) is 12.4. The zero-order chi connectivity index (χ0) is 17.8. The van der Waals surface area contributed by atoms with Crippen LogP contribution in [0.2, 0.25) is 0 Å². The molecule has 1 aliphatic rings. The molecule has 0 aromatic rings. The first-order valence-electron chi connectivity index (χ1n) is 11.7. The molecule has 148 valence electrons. The number of unbranched alkanes of at least 4 members (excludes halogenated alkanes) is 12. The van der Waals surface area contributed by atoms with Crippen LogP contribution in [0.5, 0.6) is 0 Å². The minimum atomic E-state index is 0.594. The van der Waals surface area contributed by atoms with Gasteiger partial charge < -0.3 is 4.74 Å². The smallest absolute Gasteiger partial charge is 0.0575 e. The van der Waals surface area contributed by atoms with Crippen molar-refractivity contribution in [1.82, 2.24) is 0 Å². The average molecular weight is 351 g/mol. The van der Waals surface area contributed by atoms with Gasteiger partial charge in [-0.1, -0.05) is 96.1 Å². The molecule has 0 amide bonds. The molecule has 1 heteroatoms. The third kappa shape index (κ3) is 15.7. The molecule has 0 bridgehead atoms. The minimum Gasteiger partial charge on any atom is -0.378 e. The normalized spacial score (nSPS) is 16.0. The lowest BCUT2D eigenvalue weighted by atomic mass is 9.98. The predicted molar refractivity (Wildman–Crippen MR) is 112 cm³/mol. The molecule has 1 aliphatic carbocycles. The van der Waals surface area contributed by atoms with Crippen LogP contribution in [0.1, 0.15) is 129 Å². The zero-order valence-corrected chi connectivity index (χ0v) is 17.3. The molecule has 0 spiro atoms. The summed E-state index contributed by atoms with van der Waals surface area (Å²) in [5, 5.41) is 0. The SMILES string of the molecule is CCCCCCCC/C=C\CCCCCCCCOC1CCCCC1. The summed E-state index contributed by atoms with van der Waals surface area (Å²) in [5.41, 5.74) is 0. The zero-order valence-electron chi connectivity index (χ0n) is 17.3. The number of ether oxygens (including phenoxy) is 1. The Morgan fingerprint density at radius 3 is 1.76 bits per heavy atom. The molecule has 0 atom stereocenters. The van der Waals surface area contributed by atoms with Gasteiger partial charge in [-0.15, -0.1) is 0 Å². The summed E-state index contributed by atoms with van der Waals surface area (Å²) in [6.45, 7) is 3.29. The lowest BCUT2D eigenvalue weighted by Gasteiger charge is -2.21. The molecule has 0 unspecified atom stereocenters. The molecule has 0 aromatic heterocycles. The summed E-state index contributed by atoms with van der Waals surface area (Å²) in [7, 11) is 0. The highest BCUT2D eigenvalue weighted by Crippen LogP contribution is 2.20. The molecule has 0 N–H and O–H groups in total. The fraction of sp³-hybridized carbons (Fsp3) is 0.917. The quantitative estimate of drug-likeness (QED) is 0.189. The van der Waals surface area contributed by atoms with Gasteiger partial charge in [-0.2, -0.15) is 0 Å². The van der Waals surface area contributed by atoms with Crippen molar-refractivity contribution in [2.75, 3.05) is 6.61 Å². The Kier molecular flexibility index (Phi) is 16.8. The molecular formula is C24H46O. The van der Waals surface area contributed by atoms with E-state index in [9.17, 15) is 0 Å². The van der Waals surface area contributed by atoms with Gasteiger partial charge in [-0.3, -0.25) is 0 Å². The largest absolute Gasteiger partial charge is 0.378 e. The van der Waals surface area contributed by atoms with Crippen molar-refractivity contribution in [3.05, 3.63) is 12.2 Å². The maximum absolute atomic E-state index is 5.99. The van der Waals surface area contributed by atoms with E-state index in [1.165, 1.54) is 122 Å². The summed E-state index contributed by atoms with van der Waals surface area (Å²) >= 11 is 0. The van der Waals surface area contributed by atoms with Gasteiger partial charge in [-0.05, 0) is 44.9 Å². The molecule has 0 aromatic carbocycles. The van der Waals surface area contributed by atoms with Gasteiger partial charge in [0.05, 0.1) is 6.10 Å². The van der Waals surface area contributed by atoms with Crippen molar-refractivity contribution < 1.29 is 4.74 Å². The summed E-state index contributed by atoms with van der Waals surface area (Å²) in [5.74, 6) is 0. The van der Waals surface area contributed by atoms with E-state index < -0.39 is 0 Å². The summed E-state index contributed by atoms with van der Waals surface area (Å²) in [6, 6.07) is 0. The van der Waals surface area contributed by atoms with Crippen LogP contribution in [-0.2, 0) is 4.74 Å². The lowest BCUT2D eigenvalue weighted by Crippen LogP contribution is -2.17. The second kappa shape index (κ2) is 18.5. The van der Waals surface area contributed by atoms with Gasteiger partial charge in [0.1, 0.15) is 0 Å². The number of rotatable bonds is 17. The highest BCUT2D eigenvalue weighted by atomic mass is 16.5. The highest BCUT2D eigenvalue weighted by molar-refractivity contribution is 4.81. The molecular weight excluding hydrogens is 304 g/mol. The van der Waals surface area contributed by atoms with E-state index in [1.807, 2.05) is 0 Å². The van der Waals surface area contributed by atoms with Gasteiger partial charge in [0, 0.05) is 6.61 Å². The first kappa shape index (κ1) is 22.7. The summed E-state index contributed by atoms with van der Waals surface area (Å²) in [4.78, 5) is 0. The monoisotopic (exact) mass is 350 g/mol. The van der Waals surface area contributed by atoms with Crippen LogP contribution in [0.3, 0.4) is 0 Å². The molecule has 0 aliphatic heterocycles. The number of hydrogen-bond donors (Lipinski definition) is 0. The molecule has 0 heterocycles. The van der Waals surface area contributed by atoms with Crippen LogP contribution in [0.25, 0.3) is 0 Å². The molecule has 0 radical (unpaired) electrons. The van der Waals surface area contributed by atoms with E-state index in [4.69, 9.17) is 4.74 Å². The Labute approximate surface area is 159 Å². The van der Waals surface area contributed by atoms with E-state index >= 15 is 0 Å². The van der Waals surface area contributed by atoms with Crippen molar-refractivity contribution in [2.24, 2.45) is 0 Å². The van der Waals surface area contributed by atoms with Crippen LogP contribution in [-0.4, -0.2) is 12.7 Å². The van der Waals surface area contributed by atoms with E-state index in [0.29, 0.717) is 6.10 Å². The van der Waals surface area contributed by atoms with Gasteiger partial charge in [0.2, 0.25) is 0 Å². The second-order valence-corrected chi connectivity index (χ2v) is 8.07. The van der Waals surface area contributed by atoms with Crippen LogP contribution < -0.4 is 0 Å². The van der Waals surface area contributed by atoms with Crippen molar-refractivity contribution in [1.29, 1.82) is 0 Å². The standard InChI is InChI=1S/C24H46O/c1-2-3-4-5-6-7-8-9-10-11-12-13-14-15-16-20-23-25-24-21-18-17-19-22-24/h9-10,24H,2-8,11-23H2,1H3/b10-9-. The van der Waals surface area contributed by atoms with Crippen molar-refractivity contribution in [2.45, 2.75) is 135 Å². The molecule has 1 saturated carbocycles. The predicted octanol–water partition coefficient (Wildman–Crippen LogP) is 8.37. The van der Waals surface area contributed by atoms with Gasteiger partial charge in [0.25, 0.3) is 0 Å². The maximum Gasteiger partial charge on any atom is 0.0575 e. The van der Waals surface area contributed by atoms with Crippen LogP contribution in [0.4, 0.5) is 0 Å². The van der Waals surface area contributed by atoms with Crippen LogP contribution >= 0.6 is 0 Å². The third-order valence-corrected chi connectivity index (χ3v) is 5.56. The topological polar surface area (TPSA) is 9.23 Å². The number of allylic oxidation sites excluding steroid dienone is 2. The summed E-state index contributed by atoms with van der Waals surface area (Å²) in [6.07, 6.45) is 31.5. The Balaban J connectivity index is 1.70. The lowest BCUT2D eigenvalue weighted by molar-refractivity contribution is 0.0263. The third-order valence-electron chi connectivity index (χ3n) is 5.56. The summed E-state index contributed by atoms with van der Waals surface area (Å²) < 4.78 is 5.99. The first-order valence-corrected chi connectivity index (χ1v) is 11.7. The van der Waals surface area contributed by atoms with Gasteiger partial charge >= 0.3 is 0 Å². The van der Waals surface area contributed by atoms with E-state index in [0.717, 1.165) is 6.61 Å². The fourth-order valence-electron chi connectivity index (χ4n) is 3.83. The minimum absolute atomic E-state index is 0.594. The molecule has 25 heavy (non-hydrogen) atoms. The van der Waals surface area contributed by atoms with Crippen molar-refractivity contribution >= 4 is 0 Å². The van der Waals surface area contributed by atoms with Crippen LogP contribution in [0.15, 0.2) is 12.2 Å². The molecule has 0 saturated heterocycles. The maximum atomic E-state index is 5.99. The highest BCUT2D eigenvalue weighted by Gasteiger charge is 2.12. The second-order valence-electron chi connectivity index (χ2n) is 8.07. The fourth-order valence-corrected chi connectivity index (χ4v) is 3.83. The van der Waals surface area contributed by atoms with Gasteiger partial charge in [0.15, 0.2) is 0 Å². The van der Waals surface area contributed by atoms with Crippen molar-refractivity contribution in [3.63, 3.8) is 0 Å². The van der Waals surface area contributed by atoms with Crippen LogP contribution in [0, 0.1) is 0 Å². The Morgan fingerprint density at radius 1 is 0.640 bits per heavy atom. The van der Waals surface area contributed by atoms with E-state index in [-0.39, 0.29) is 0 Å². The number of hydrogen-bond acceptors (Lipinski definition) is 1. The van der Waals surface area contributed by atoms with Crippen molar-refractivity contribution in [3.8, 4) is 0 Å².